The van der Waals surface area contributed by atoms with Crippen molar-refractivity contribution in [3.05, 3.63) is 64.1 Å². The van der Waals surface area contributed by atoms with Crippen molar-refractivity contribution in [2.24, 2.45) is 0 Å². The minimum Gasteiger partial charge on any atom is -0.497 e. The molecule has 2 aromatic carbocycles. The normalized spacial score (nSPS) is 21.6. The van der Waals surface area contributed by atoms with Crippen molar-refractivity contribution in [1.82, 2.24) is 21.1 Å². The van der Waals surface area contributed by atoms with Crippen molar-refractivity contribution in [3.63, 3.8) is 0 Å². The fraction of sp³-hybridized carbons (Fsp3) is 0.318. The van der Waals surface area contributed by atoms with Crippen molar-refractivity contribution in [3.8, 4) is 5.75 Å². The van der Waals surface area contributed by atoms with E-state index in [1.807, 2.05) is 24.3 Å². The summed E-state index contributed by atoms with van der Waals surface area (Å²) in [5, 5.41) is 6.67. The van der Waals surface area contributed by atoms with Crippen LogP contribution in [0.1, 0.15) is 30.9 Å². The Labute approximate surface area is 188 Å². The number of hydrogen-bond acceptors (Lipinski definition) is 5. The molecule has 4 rings (SSSR count). The van der Waals surface area contributed by atoms with Gasteiger partial charge in [-0.15, -0.1) is 0 Å². The fourth-order valence-electron chi connectivity index (χ4n) is 3.74. The molecule has 2 aliphatic rings. The van der Waals surface area contributed by atoms with Gasteiger partial charge in [-0.2, -0.15) is 5.01 Å². The van der Waals surface area contributed by atoms with E-state index in [-0.39, 0.29) is 12.1 Å². The van der Waals surface area contributed by atoms with Crippen LogP contribution in [0, 0.1) is 0 Å². The lowest BCUT2D eigenvalue weighted by Crippen LogP contribution is -2.51. The summed E-state index contributed by atoms with van der Waals surface area (Å²) in [6, 6.07) is 14.1. The highest BCUT2D eigenvalue weighted by atomic mass is 79.9. The number of benzene rings is 2. The topological polar surface area (TPSA) is 99.8 Å². The lowest BCUT2D eigenvalue weighted by atomic mass is 9.92. The summed E-state index contributed by atoms with van der Waals surface area (Å²) in [5.41, 5.74) is 2.60. The summed E-state index contributed by atoms with van der Waals surface area (Å²) in [7, 11) is 1.55. The van der Waals surface area contributed by atoms with Gasteiger partial charge in [-0.25, -0.2) is 4.79 Å². The first kappa shape index (κ1) is 21.3. The number of carbonyl (C=O) groups is 3. The summed E-state index contributed by atoms with van der Waals surface area (Å²) in [5.74, 6) is -0.379. The standard InChI is InChI=1S/C22H23BrN4O4/c1-21(14-5-9-17(31-2)10-6-14)19(29)27(20(30)25-21)26-18(28)13-24-22(11-12-22)15-3-7-16(23)8-4-15/h3-10,24H,11-13H2,1-2H3,(H,25,30)(H,26,28)/t21-/m1/s1. The number of nitrogens with zero attached hydrogens (tertiary/aromatic N) is 1. The molecule has 0 spiro atoms. The maximum absolute atomic E-state index is 13.0. The quantitative estimate of drug-likeness (QED) is 0.522. The van der Waals surface area contributed by atoms with Gasteiger partial charge in [-0.3, -0.25) is 20.3 Å². The molecule has 1 aliphatic heterocycles. The van der Waals surface area contributed by atoms with Gasteiger partial charge in [0.15, 0.2) is 0 Å². The third kappa shape index (κ3) is 4.03. The Balaban J connectivity index is 1.39. The predicted octanol–water partition coefficient (Wildman–Crippen LogP) is 2.53. The summed E-state index contributed by atoms with van der Waals surface area (Å²) >= 11 is 3.42. The predicted molar refractivity (Wildman–Crippen MR) is 117 cm³/mol. The van der Waals surface area contributed by atoms with E-state index in [0.717, 1.165) is 27.9 Å². The summed E-state index contributed by atoms with van der Waals surface area (Å²) in [6.45, 7) is 1.58. The molecule has 162 valence electrons. The molecule has 0 aromatic heterocycles. The largest absolute Gasteiger partial charge is 0.497 e. The van der Waals surface area contributed by atoms with Crippen LogP contribution in [0.15, 0.2) is 53.0 Å². The first-order valence-electron chi connectivity index (χ1n) is 9.89. The third-order valence-electron chi connectivity index (χ3n) is 5.83. The van der Waals surface area contributed by atoms with Crippen LogP contribution >= 0.6 is 15.9 Å². The monoisotopic (exact) mass is 486 g/mol. The molecule has 31 heavy (non-hydrogen) atoms. The van der Waals surface area contributed by atoms with Crippen molar-refractivity contribution >= 4 is 33.8 Å². The van der Waals surface area contributed by atoms with Crippen molar-refractivity contribution < 1.29 is 19.1 Å². The zero-order chi connectivity index (χ0) is 22.2. The van der Waals surface area contributed by atoms with Gasteiger partial charge in [0.25, 0.3) is 11.8 Å². The van der Waals surface area contributed by atoms with E-state index in [4.69, 9.17) is 4.74 Å². The number of nitrogens with one attached hydrogen (secondary N) is 3. The van der Waals surface area contributed by atoms with Crippen LogP contribution in [-0.2, 0) is 20.7 Å². The van der Waals surface area contributed by atoms with Gasteiger partial charge in [-0.05, 0) is 55.2 Å². The average Bonchev–Trinajstić information content (AvgIpc) is 3.53. The summed E-state index contributed by atoms with van der Waals surface area (Å²) in [4.78, 5) is 37.9. The number of hydrazine groups is 1. The average molecular weight is 487 g/mol. The first-order chi connectivity index (χ1) is 14.8. The minimum atomic E-state index is -1.28. The Bertz CT molecular complexity index is 1020. The zero-order valence-corrected chi connectivity index (χ0v) is 18.8. The van der Waals surface area contributed by atoms with Gasteiger partial charge < -0.3 is 10.1 Å². The van der Waals surface area contributed by atoms with Gasteiger partial charge in [-0.1, -0.05) is 40.2 Å². The SMILES string of the molecule is COc1ccc([C@@]2(C)NC(=O)N(NC(=O)CNC3(c4ccc(Br)cc4)CC3)C2=O)cc1. The lowest BCUT2D eigenvalue weighted by molar-refractivity contribution is -0.138. The van der Waals surface area contributed by atoms with Crippen LogP contribution in [0.25, 0.3) is 0 Å². The molecule has 1 aliphatic carbocycles. The number of rotatable bonds is 7. The number of urea groups is 1. The van der Waals surface area contributed by atoms with Crippen molar-refractivity contribution in [2.45, 2.75) is 30.8 Å². The lowest BCUT2D eigenvalue weighted by Gasteiger charge is -2.23. The van der Waals surface area contributed by atoms with E-state index in [2.05, 4.69) is 32.0 Å². The number of halogens is 1. The van der Waals surface area contributed by atoms with Crippen molar-refractivity contribution in [1.29, 1.82) is 0 Å². The summed E-state index contributed by atoms with van der Waals surface area (Å²) in [6.07, 6.45) is 1.83. The van der Waals surface area contributed by atoms with Gasteiger partial charge in [0, 0.05) is 10.0 Å². The van der Waals surface area contributed by atoms with E-state index in [0.29, 0.717) is 11.3 Å². The van der Waals surface area contributed by atoms with Gasteiger partial charge in [0.05, 0.1) is 13.7 Å². The van der Waals surface area contributed by atoms with Crippen LogP contribution in [-0.4, -0.2) is 36.5 Å². The Kier molecular flexibility index (Phi) is 5.49. The second-order valence-corrected chi connectivity index (χ2v) is 8.82. The molecule has 1 saturated heterocycles. The van der Waals surface area contributed by atoms with Crippen LogP contribution in [0.5, 0.6) is 5.75 Å². The molecule has 1 heterocycles. The molecule has 0 bridgehead atoms. The first-order valence-corrected chi connectivity index (χ1v) is 10.7. The van der Waals surface area contributed by atoms with Crippen LogP contribution < -0.4 is 20.8 Å². The van der Waals surface area contributed by atoms with Crippen LogP contribution in [0.2, 0.25) is 0 Å². The molecule has 1 atom stereocenters. The number of carbonyl (C=O) groups excluding carboxylic acids is 3. The van der Waals surface area contributed by atoms with Gasteiger partial charge in [0.1, 0.15) is 11.3 Å². The maximum atomic E-state index is 13.0. The highest BCUT2D eigenvalue weighted by Gasteiger charge is 2.50. The second kappa shape index (κ2) is 7.97. The number of amides is 4. The molecule has 3 N–H and O–H groups in total. The highest BCUT2D eigenvalue weighted by Crippen LogP contribution is 2.45. The molecule has 9 heteroatoms. The van der Waals surface area contributed by atoms with E-state index in [9.17, 15) is 14.4 Å². The number of methoxy groups -OCH3 is 1. The van der Waals surface area contributed by atoms with E-state index in [1.54, 1.807) is 38.3 Å². The van der Waals surface area contributed by atoms with E-state index >= 15 is 0 Å². The minimum absolute atomic E-state index is 0.0215. The molecular formula is C22H23BrN4O4. The Morgan fingerprint density at radius 2 is 1.71 bits per heavy atom. The maximum Gasteiger partial charge on any atom is 0.344 e. The van der Waals surface area contributed by atoms with Crippen molar-refractivity contribution in [2.75, 3.05) is 13.7 Å². The fourth-order valence-corrected chi connectivity index (χ4v) is 4.00. The summed E-state index contributed by atoms with van der Waals surface area (Å²) < 4.78 is 6.12. The molecule has 2 aromatic rings. The Hall–Kier alpha value is -2.91. The third-order valence-corrected chi connectivity index (χ3v) is 6.36. The smallest absolute Gasteiger partial charge is 0.344 e. The molecular weight excluding hydrogens is 464 g/mol. The molecule has 8 nitrogen and oxygen atoms in total. The van der Waals surface area contributed by atoms with Gasteiger partial charge >= 0.3 is 6.03 Å². The number of ether oxygens (including phenoxy) is 1. The number of imide groups is 1. The molecule has 2 fully saturated rings. The zero-order valence-electron chi connectivity index (χ0n) is 17.2. The van der Waals surface area contributed by atoms with Gasteiger partial charge in [0.2, 0.25) is 0 Å². The second-order valence-electron chi connectivity index (χ2n) is 7.90. The van der Waals surface area contributed by atoms with Crippen LogP contribution in [0.3, 0.4) is 0 Å². The number of hydrogen-bond donors (Lipinski definition) is 3. The van der Waals surface area contributed by atoms with E-state index in [1.165, 1.54) is 0 Å². The Morgan fingerprint density at radius 1 is 1.10 bits per heavy atom. The molecule has 4 amide bonds. The van der Waals surface area contributed by atoms with E-state index < -0.39 is 23.4 Å². The molecule has 0 unspecified atom stereocenters. The van der Waals surface area contributed by atoms with Crippen LogP contribution in [0.4, 0.5) is 4.79 Å². The molecule has 0 radical (unpaired) electrons. The Morgan fingerprint density at radius 3 is 2.29 bits per heavy atom. The highest BCUT2D eigenvalue weighted by molar-refractivity contribution is 9.10. The molecule has 1 saturated carbocycles.